The summed E-state index contributed by atoms with van der Waals surface area (Å²) in [6.45, 7) is -0.392. The Hall–Kier alpha value is -2.92. The van der Waals surface area contributed by atoms with Crippen molar-refractivity contribution in [2.75, 3.05) is 13.2 Å². The number of hydrogen-bond donors (Lipinski definition) is 4. The molecular weight excluding hydrogens is 453 g/mol. The fourth-order valence-electron chi connectivity index (χ4n) is 3.52. The zero-order valence-electron chi connectivity index (χ0n) is 17.4. The number of aliphatic hydroxyl groups excluding tert-OH is 1. The second-order valence-electron chi connectivity index (χ2n) is 7.41. The van der Waals surface area contributed by atoms with Gasteiger partial charge in [-0.3, -0.25) is 18.9 Å². The fraction of sp³-hybridized carbons (Fsp3) is 0.286. The molecule has 1 aliphatic heterocycles. The molecule has 0 saturated carbocycles. The van der Waals surface area contributed by atoms with Gasteiger partial charge in [-0.25, -0.2) is 4.79 Å². The van der Waals surface area contributed by atoms with Gasteiger partial charge in [-0.05, 0) is 22.9 Å². The Balaban J connectivity index is 1.45. The normalized spacial score (nSPS) is 22.2. The Morgan fingerprint density at radius 3 is 2.76 bits per heavy atom. The molecule has 4 N–H and O–H groups in total. The summed E-state index contributed by atoms with van der Waals surface area (Å²) in [6, 6.07) is 14.0. The van der Waals surface area contributed by atoms with Crippen LogP contribution in [0.4, 0.5) is 0 Å². The SMILES string of the molecule is O=CCN[P+](O)(OCC1CC(O)C(n2ccc(=O)[nH]c2=O)O1)Oc1ccc2ccccc2c1. The van der Waals surface area contributed by atoms with Gasteiger partial charge in [0.15, 0.2) is 12.0 Å². The summed E-state index contributed by atoms with van der Waals surface area (Å²) in [6.07, 6.45) is -0.854. The van der Waals surface area contributed by atoms with E-state index in [9.17, 15) is 24.4 Å². The van der Waals surface area contributed by atoms with Gasteiger partial charge in [0.05, 0.1) is 12.6 Å². The standard InChI is InChI=1S/C21H22N3O8P/c25-10-8-22-33(29,32-16-6-5-14-3-1-2-4-15(14)11-16)30-13-17-12-18(26)20(31-17)24-9-7-19(27)23-21(24)28/h1-7,9-11,17-18,20,22,26,29H,8,12-13H2/p+1. The average molecular weight is 476 g/mol. The van der Waals surface area contributed by atoms with Crippen LogP contribution in [-0.2, 0) is 14.1 Å². The Morgan fingerprint density at radius 1 is 1.21 bits per heavy atom. The number of aromatic amines is 1. The number of H-pyrrole nitrogens is 1. The topological polar surface area (TPSA) is 152 Å². The number of carbonyl (C=O) groups is 1. The van der Waals surface area contributed by atoms with E-state index in [1.165, 1.54) is 6.20 Å². The van der Waals surface area contributed by atoms with Gasteiger partial charge in [0.2, 0.25) is 0 Å². The third-order valence-corrected chi connectivity index (χ3v) is 6.59. The minimum atomic E-state index is -3.72. The number of fused-ring (bicyclic) bond motifs is 1. The highest BCUT2D eigenvalue weighted by Crippen LogP contribution is 2.53. The van der Waals surface area contributed by atoms with E-state index in [0.717, 1.165) is 21.4 Å². The van der Waals surface area contributed by atoms with Gasteiger partial charge in [-0.1, -0.05) is 30.3 Å². The van der Waals surface area contributed by atoms with E-state index in [0.29, 0.717) is 12.0 Å². The monoisotopic (exact) mass is 476 g/mol. The molecule has 11 nitrogen and oxygen atoms in total. The number of carbonyl (C=O) groups excluding carboxylic acids is 1. The predicted octanol–water partition coefficient (Wildman–Crippen LogP) is 0.892. The van der Waals surface area contributed by atoms with Crippen molar-refractivity contribution in [3.63, 3.8) is 0 Å². The first-order valence-corrected chi connectivity index (χ1v) is 11.7. The van der Waals surface area contributed by atoms with Crippen LogP contribution in [0.1, 0.15) is 12.6 Å². The number of ether oxygens (including phenoxy) is 1. The van der Waals surface area contributed by atoms with Crippen molar-refractivity contribution in [3.8, 4) is 5.75 Å². The molecule has 33 heavy (non-hydrogen) atoms. The molecule has 4 atom stereocenters. The lowest BCUT2D eigenvalue weighted by Crippen LogP contribution is -2.35. The molecule has 1 saturated heterocycles. The first-order chi connectivity index (χ1) is 15.9. The minimum absolute atomic E-state index is 0.111. The van der Waals surface area contributed by atoms with E-state index in [4.69, 9.17) is 13.8 Å². The van der Waals surface area contributed by atoms with Gasteiger partial charge in [0, 0.05) is 18.7 Å². The van der Waals surface area contributed by atoms with Crippen LogP contribution in [0.3, 0.4) is 0 Å². The largest absolute Gasteiger partial charge is 0.544 e. The van der Waals surface area contributed by atoms with E-state index < -0.39 is 37.8 Å². The van der Waals surface area contributed by atoms with Crippen LogP contribution < -0.4 is 20.9 Å². The maximum Gasteiger partial charge on any atom is 0.544 e. The Labute approximate surface area is 188 Å². The van der Waals surface area contributed by atoms with Crippen LogP contribution in [0.25, 0.3) is 10.8 Å². The summed E-state index contributed by atoms with van der Waals surface area (Å²) >= 11 is 0. The van der Waals surface area contributed by atoms with Gasteiger partial charge >= 0.3 is 13.8 Å². The number of nitrogens with zero attached hydrogens (tertiary/aromatic N) is 1. The van der Waals surface area contributed by atoms with Crippen LogP contribution in [0.15, 0.2) is 64.3 Å². The van der Waals surface area contributed by atoms with Crippen molar-refractivity contribution in [1.82, 2.24) is 14.6 Å². The maximum absolute atomic E-state index is 12.0. The molecule has 0 aliphatic carbocycles. The highest BCUT2D eigenvalue weighted by Gasteiger charge is 2.46. The van der Waals surface area contributed by atoms with Crippen molar-refractivity contribution in [2.45, 2.75) is 24.9 Å². The van der Waals surface area contributed by atoms with Crippen molar-refractivity contribution in [3.05, 3.63) is 75.6 Å². The molecule has 2 heterocycles. The van der Waals surface area contributed by atoms with Crippen LogP contribution in [-0.4, -0.2) is 51.2 Å². The Kier molecular flexibility index (Phi) is 6.99. The molecule has 12 heteroatoms. The van der Waals surface area contributed by atoms with Crippen LogP contribution in [0.2, 0.25) is 0 Å². The molecule has 3 aromatic rings. The Morgan fingerprint density at radius 2 is 2.00 bits per heavy atom. The van der Waals surface area contributed by atoms with Crippen LogP contribution in [0, 0.1) is 0 Å². The van der Waals surface area contributed by atoms with Gasteiger partial charge in [0.1, 0.15) is 19.0 Å². The molecule has 4 rings (SSSR count). The molecule has 0 amide bonds. The first-order valence-electron chi connectivity index (χ1n) is 10.2. The highest BCUT2D eigenvalue weighted by molar-refractivity contribution is 7.58. The Bertz CT molecular complexity index is 1250. The highest BCUT2D eigenvalue weighted by atomic mass is 31.2. The third kappa shape index (κ3) is 5.53. The van der Waals surface area contributed by atoms with Gasteiger partial charge in [0.25, 0.3) is 5.56 Å². The molecule has 0 radical (unpaired) electrons. The molecular formula is C21H23N3O8P+. The van der Waals surface area contributed by atoms with E-state index >= 15 is 0 Å². The number of aldehydes is 1. The fourth-order valence-corrected chi connectivity index (χ4v) is 4.80. The number of aromatic nitrogens is 2. The zero-order chi connectivity index (χ0) is 23.4. The van der Waals surface area contributed by atoms with E-state index in [1.54, 1.807) is 12.1 Å². The summed E-state index contributed by atoms with van der Waals surface area (Å²) in [5.41, 5.74) is -1.28. The number of nitrogens with one attached hydrogen (secondary N) is 2. The number of benzene rings is 2. The van der Waals surface area contributed by atoms with Crippen molar-refractivity contribution in [1.29, 1.82) is 0 Å². The summed E-state index contributed by atoms with van der Waals surface area (Å²) < 4.78 is 18.1. The predicted molar refractivity (Wildman–Crippen MR) is 120 cm³/mol. The molecule has 2 aromatic carbocycles. The maximum atomic E-state index is 12.0. The second kappa shape index (κ2) is 9.92. The van der Waals surface area contributed by atoms with Crippen molar-refractivity contribution < 1.29 is 28.6 Å². The van der Waals surface area contributed by atoms with Crippen molar-refractivity contribution in [2.24, 2.45) is 0 Å². The molecule has 0 spiro atoms. The van der Waals surface area contributed by atoms with E-state index in [1.807, 2.05) is 30.3 Å². The summed E-state index contributed by atoms with van der Waals surface area (Å²) in [7, 11) is -3.72. The molecule has 1 aliphatic rings. The quantitative estimate of drug-likeness (QED) is 0.261. The molecule has 1 fully saturated rings. The molecule has 1 aromatic heterocycles. The number of hydrogen-bond acceptors (Lipinski definition) is 9. The van der Waals surface area contributed by atoms with Gasteiger partial charge in [-0.15, -0.1) is 5.09 Å². The van der Waals surface area contributed by atoms with Crippen LogP contribution >= 0.6 is 8.09 Å². The second-order valence-corrected chi connectivity index (χ2v) is 9.21. The molecule has 0 bridgehead atoms. The van der Waals surface area contributed by atoms with Gasteiger partial charge in [-0.2, -0.15) is 9.42 Å². The average Bonchev–Trinajstić information content (AvgIpc) is 3.17. The number of rotatable bonds is 9. The zero-order valence-corrected chi connectivity index (χ0v) is 18.3. The van der Waals surface area contributed by atoms with Crippen molar-refractivity contribution >= 4 is 25.2 Å². The van der Waals surface area contributed by atoms with E-state index in [-0.39, 0.29) is 19.6 Å². The first kappa shape index (κ1) is 23.2. The minimum Gasteiger partial charge on any atom is -0.388 e. The molecule has 4 unspecified atom stereocenters. The summed E-state index contributed by atoms with van der Waals surface area (Å²) in [5, 5.41) is 14.8. The summed E-state index contributed by atoms with van der Waals surface area (Å²) in [5.74, 6) is 0.341. The lowest BCUT2D eigenvalue weighted by Gasteiger charge is -2.19. The third-order valence-electron chi connectivity index (χ3n) is 5.05. The molecule has 174 valence electrons. The summed E-state index contributed by atoms with van der Waals surface area (Å²) in [4.78, 5) is 47.2. The van der Waals surface area contributed by atoms with Crippen LogP contribution in [0.5, 0.6) is 5.75 Å². The lowest BCUT2D eigenvalue weighted by molar-refractivity contribution is -0.107. The van der Waals surface area contributed by atoms with Gasteiger partial charge < -0.3 is 14.6 Å². The lowest BCUT2D eigenvalue weighted by atomic mass is 10.1. The van der Waals surface area contributed by atoms with E-state index in [2.05, 4.69) is 10.1 Å². The number of aliphatic hydroxyl groups is 1. The smallest absolute Gasteiger partial charge is 0.388 e.